The fourth-order valence-corrected chi connectivity index (χ4v) is 2.34. The smallest absolute Gasteiger partial charge is 0.271 e. The van der Waals surface area contributed by atoms with Gasteiger partial charge in [0.1, 0.15) is 0 Å². The van der Waals surface area contributed by atoms with Gasteiger partial charge in [-0.2, -0.15) is 0 Å². The number of nitrogens with zero attached hydrogens (tertiary/aromatic N) is 1. The zero-order valence-electron chi connectivity index (χ0n) is 9.17. The van der Waals surface area contributed by atoms with Gasteiger partial charge < -0.3 is 5.73 Å². The number of anilines is 1. The number of nitrogens with two attached hydrogens (primary N) is 1. The first-order valence-electron chi connectivity index (χ1n) is 5.03. The fraction of sp³-hybridized carbons (Fsp3) is 0. The van der Waals surface area contributed by atoms with Gasteiger partial charge >= 0.3 is 0 Å². The SMILES string of the molecule is Nc1cc([N+](=O)[O-])ccc1Sc1ccc(Cl)cc1. The molecule has 2 rings (SSSR count). The lowest BCUT2D eigenvalue weighted by atomic mass is 10.3. The number of hydrogen-bond acceptors (Lipinski definition) is 4. The fourth-order valence-electron chi connectivity index (χ4n) is 1.37. The topological polar surface area (TPSA) is 69.2 Å². The van der Waals surface area contributed by atoms with E-state index in [0.717, 1.165) is 9.79 Å². The molecule has 0 fully saturated rings. The maximum atomic E-state index is 10.6. The van der Waals surface area contributed by atoms with E-state index in [9.17, 15) is 10.1 Å². The van der Waals surface area contributed by atoms with E-state index < -0.39 is 4.92 Å². The summed E-state index contributed by atoms with van der Waals surface area (Å²) in [5.74, 6) is 0. The van der Waals surface area contributed by atoms with E-state index in [1.165, 1.54) is 23.9 Å². The molecule has 2 N–H and O–H groups in total. The first-order valence-corrected chi connectivity index (χ1v) is 6.23. The average molecular weight is 281 g/mol. The highest BCUT2D eigenvalue weighted by molar-refractivity contribution is 7.99. The average Bonchev–Trinajstić information content (AvgIpc) is 2.34. The van der Waals surface area contributed by atoms with Gasteiger partial charge in [0, 0.05) is 26.9 Å². The number of non-ortho nitro benzene ring substituents is 1. The highest BCUT2D eigenvalue weighted by Crippen LogP contribution is 2.34. The number of nitrogen functional groups attached to an aromatic ring is 1. The van der Waals surface area contributed by atoms with Crippen LogP contribution in [0.15, 0.2) is 52.3 Å². The zero-order valence-corrected chi connectivity index (χ0v) is 10.7. The molecule has 0 amide bonds. The van der Waals surface area contributed by atoms with E-state index in [-0.39, 0.29) is 5.69 Å². The first kappa shape index (κ1) is 12.7. The third kappa shape index (κ3) is 2.94. The summed E-state index contributed by atoms with van der Waals surface area (Å²) in [6.07, 6.45) is 0. The lowest BCUT2D eigenvalue weighted by Gasteiger charge is -2.05. The Hall–Kier alpha value is -1.72. The molecule has 0 radical (unpaired) electrons. The van der Waals surface area contributed by atoms with Crippen molar-refractivity contribution >= 4 is 34.7 Å². The minimum absolute atomic E-state index is 0.00652. The van der Waals surface area contributed by atoms with Gasteiger partial charge in [0.2, 0.25) is 0 Å². The molecule has 6 heteroatoms. The Bertz CT molecular complexity index is 587. The number of benzene rings is 2. The van der Waals surface area contributed by atoms with Crippen molar-refractivity contribution in [2.24, 2.45) is 0 Å². The van der Waals surface area contributed by atoms with Crippen LogP contribution in [0.1, 0.15) is 0 Å². The van der Waals surface area contributed by atoms with Crippen LogP contribution in [0.25, 0.3) is 0 Å². The molecular weight excluding hydrogens is 272 g/mol. The molecule has 2 aromatic carbocycles. The van der Waals surface area contributed by atoms with Crippen LogP contribution >= 0.6 is 23.4 Å². The van der Waals surface area contributed by atoms with Crippen molar-refractivity contribution in [2.45, 2.75) is 9.79 Å². The van der Waals surface area contributed by atoms with Crippen molar-refractivity contribution in [1.82, 2.24) is 0 Å². The molecule has 0 spiro atoms. The number of nitro benzene ring substituents is 1. The summed E-state index contributed by atoms with van der Waals surface area (Å²) in [4.78, 5) is 11.9. The van der Waals surface area contributed by atoms with Gasteiger partial charge in [-0.25, -0.2) is 0 Å². The minimum atomic E-state index is -0.465. The molecule has 0 bridgehead atoms. The molecule has 0 atom stereocenters. The molecule has 0 aliphatic heterocycles. The molecular formula is C12H9ClN2O2S. The van der Waals surface area contributed by atoms with Crippen LogP contribution in [0.2, 0.25) is 5.02 Å². The van der Waals surface area contributed by atoms with Crippen molar-refractivity contribution in [2.75, 3.05) is 5.73 Å². The molecule has 0 heterocycles. The van der Waals surface area contributed by atoms with E-state index in [1.807, 2.05) is 12.1 Å². The van der Waals surface area contributed by atoms with Crippen LogP contribution in [-0.2, 0) is 0 Å². The Labute approximate surface area is 113 Å². The summed E-state index contributed by atoms with van der Waals surface area (Å²) in [6.45, 7) is 0. The molecule has 0 saturated heterocycles. The predicted molar refractivity (Wildman–Crippen MR) is 73.1 cm³/mol. The number of hydrogen-bond donors (Lipinski definition) is 1. The first-order chi connectivity index (χ1) is 8.56. The van der Waals surface area contributed by atoms with Crippen LogP contribution in [0, 0.1) is 10.1 Å². The predicted octanol–water partition coefficient (Wildman–Crippen LogP) is 3.98. The van der Waals surface area contributed by atoms with Crippen molar-refractivity contribution in [3.63, 3.8) is 0 Å². The molecule has 2 aromatic rings. The third-order valence-electron chi connectivity index (χ3n) is 2.25. The van der Waals surface area contributed by atoms with Crippen molar-refractivity contribution < 1.29 is 4.92 Å². The van der Waals surface area contributed by atoms with E-state index in [0.29, 0.717) is 10.7 Å². The summed E-state index contributed by atoms with van der Waals surface area (Å²) >= 11 is 7.23. The van der Waals surface area contributed by atoms with Gasteiger partial charge in [0.05, 0.1) is 10.6 Å². The second kappa shape index (κ2) is 5.29. The van der Waals surface area contributed by atoms with Gasteiger partial charge in [0.25, 0.3) is 5.69 Å². The minimum Gasteiger partial charge on any atom is -0.398 e. The van der Waals surface area contributed by atoms with Gasteiger partial charge in [-0.3, -0.25) is 10.1 Å². The largest absolute Gasteiger partial charge is 0.398 e. The Morgan fingerprint density at radius 2 is 1.83 bits per heavy atom. The molecule has 18 heavy (non-hydrogen) atoms. The van der Waals surface area contributed by atoms with Gasteiger partial charge in [0.15, 0.2) is 0 Å². The summed E-state index contributed by atoms with van der Waals surface area (Å²) in [5.41, 5.74) is 6.17. The van der Waals surface area contributed by atoms with Crippen molar-refractivity contribution in [3.8, 4) is 0 Å². The molecule has 0 aromatic heterocycles. The molecule has 4 nitrogen and oxygen atoms in total. The molecule has 92 valence electrons. The quantitative estimate of drug-likeness (QED) is 0.524. The number of nitro groups is 1. The monoisotopic (exact) mass is 280 g/mol. The van der Waals surface area contributed by atoms with E-state index in [2.05, 4.69) is 0 Å². The molecule has 0 aliphatic carbocycles. The highest BCUT2D eigenvalue weighted by atomic mass is 35.5. The summed E-state index contributed by atoms with van der Waals surface area (Å²) < 4.78 is 0. The lowest BCUT2D eigenvalue weighted by molar-refractivity contribution is -0.384. The van der Waals surface area contributed by atoms with Crippen molar-refractivity contribution in [3.05, 3.63) is 57.6 Å². The van der Waals surface area contributed by atoms with Crippen LogP contribution < -0.4 is 5.73 Å². The third-order valence-corrected chi connectivity index (χ3v) is 3.60. The standard InChI is InChI=1S/C12H9ClN2O2S/c13-8-1-4-10(5-2-8)18-12-6-3-9(15(16)17)7-11(12)14/h1-7H,14H2. The van der Waals surface area contributed by atoms with Gasteiger partial charge in [-0.15, -0.1) is 0 Å². The molecule has 0 unspecified atom stereocenters. The van der Waals surface area contributed by atoms with E-state index in [4.69, 9.17) is 17.3 Å². The normalized spacial score (nSPS) is 10.3. The summed E-state index contributed by atoms with van der Waals surface area (Å²) in [6, 6.07) is 11.7. The number of rotatable bonds is 3. The zero-order chi connectivity index (χ0) is 13.1. The number of halogens is 1. The van der Waals surface area contributed by atoms with Crippen LogP contribution in [-0.4, -0.2) is 4.92 Å². The van der Waals surface area contributed by atoms with Crippen LogP contribution in [0.5, 0.6) is 0 Å². The van der Waals surface area contributed by atoms with Gasteiger partial charge in [-0.05, 0) is 30.3 Å². The van der Waals surface area contributed by atoms with E-state index in [1.54, 1.807) is 18.2 Å². The second-order valence-electron chi connectivity index (χ2n) is 3.54. The van der Waals surface area contributed by atoms with E-state index >= 15 is 0 Å². The molecule has 0 saturated carbocycles. The Kier molecular flexibility index (Phi) is 3.74. The second-order valence-corrected chi connectivity index (χ2v) is 5.09. The summed E-state index contributed by atoms with van der Waals surface area (Å²) in [5, 5.41) is 11.3. The Balaban J connectivity index is 2.24. The lowest BCUT2D eigenvalue weighted by Crippen LogP contribution is -1.93. The van der Waals surface area contributed by atoms with Crippen molar-refractivity contribution in [1.29, 1.82) is 0 Å². The highest BCUT2D eigenvalue weighted by Gasteiger charge is 2.09. The summed E-state index contributed by atoms with van der Waals surface area (Å²) in [7, 11) is 0. The van der Waals surface area contributed by atoms with Crippen LogP contribution in [0.3, 0.4) is 0 Å². The maximum Gasteiger partial charge on any atom is 0.271 e. The Morgan fingerprint density at radius 3 is 2.39 bits per heavy atom. The Morgan fingerprint density at radius 1 is 1.17 bits per heavy atom. The maximum absolute atomic E-state index is 10.6. The molecule has 0 aliphatic rings. The van der Waals surface area contributed by atoms with Gasteiger partial charge in [-0.1, -0.05) is 23.4 Å². The van der Waals surface area contributed by atoms with Crippen LogP contribution in [0.4, 0.5) is 11.4 Å².